The van der Waals surface area contributed by atoms with Crippen LogP contribution < -0.4 is 10.5 Å². The molecule has 3 nitrogen and oxygen atoms in total. The molecule has 1 unspecified atom stereocenters. The maximum absolute atomic E-state index is 13.7. The van der Waals surface area contributed by atoms with E-state index in [2.05, 4.69) is 11.8 Å². The third kappa shape index (κ3) is 4.63. The summed E-state index contributed by atoms with van der Waals surface area (Å²) < 4.78 is 18.8. The number of rotatable bonds is 7. The molecule has 0 spiro atoms. The molecule has 0 saturated carbocycles. The van der Waals surface area contributed by atoms with E-state index in [9.17, 15) is 4.39 Å². The van der Waals surface area contributed by atoms with Crippen LogP contribution in [0, 0.1) is 11.7 Å². The summed E-state index contributed by atoms with van der Waals surface area (Å²) in [6.07, 6.45) is 0. The minimum Gasteiger partial charge on any atom is -0.491 e. The molecule has 0 aliphatic heterocycles. The molecule has 1 aromatic rings. The van der Waals surface area contributed by atoms with Gasteiger partial charge in [0.05, 0.1) is 6.61 Å². The van der Waals surface area contributed by atoms with Crippen LogP contribution in [0.15, 0.2) is 18.2 Å². The second kappa shape index (κ2) is 7.34. The van der Waals surface area contributed by atoms with Crippen LogP contribution in [0.5, 0.6) is 5.75 Å². The highest BCUT2D eigenvalue weighted by molar-refractivity contribution is 5.29. The van der Waals surface area contributed by atoms with Crippen molar-refractivity contribution in [2.45, 2.75) is 20.4 Å². The Balaban J connectivity index is 2.59. The van der Waals surface area contributed by atoms with Gasteiger partial charge in [-0.25, -0.2) is 4.39 Å². The molecular formula is C14H23FN2O. The highest BCUT2D eigenvalue weighted by Gasteiger charge is 2.08. The zero-order valence-electron chi connectivity index (χ0n) is 11.4. The van der Waals surface area contributed by atoms with E-state index in [1.807, 2.05) is 20.0 Å². The van der Waals surface area contributed by atoms with Crippen molar-refractivity contribution in [1.29, 1.82) is 0 Å². The van der Waals surface area contributed by atoms with E-state index in [1.54, 1.807) is 6.07 Å². The van der Waals surface area contributed by atoms with Crippen molar-refractivity contribution in [1.82, 2.24) is 4.90 Å². The number of halogens is 1. The van der Waals surface area contributed by atoms with Crippen LogP contribution in [0.2, 0.25) is 0 Å². The number of nitrogens with zero attached hydrogens (tertiary/aromatic N) is 1. The second-order valence-corrected chi connectivity index (χ2v) is 4.74. The average molecular weight is 254 g/mol. The molecule has 4 heteroatoms. The van der Waals surface area contributed by atoms with Crippen LogP contribution in [-0.2, 0) is 6.54 Å². The molecule has 18 heavy (non-hydrogen) atoms. The van der Waals surface area contributed by atoms with Gasteiger partial charge in [0.2, 0.25) is 0 Å². The van der Waals surface area contributed by atoms with Crippen molar-refractivity contribution < 1.29 is 9.13 Å². The van der Waals surface area contributed by atoms with Crippen LogP contribution in [-0.4, -0.2) is 31.6 Å². The number of nitrogens with two attached hydrogens (primary N) is 1. The molecule has 2 N–H and O–H groups in total. The van der Waals surface area contributed by atoms with Crippen LogP contribution in [0.25, 0.3) is 0 Å². The minimum atomic E-state index is -0.297. The van der Waals surface area contributed by atoms with Crippen molar-refractivity contribution in [2.24, 2.45) is 11.7 Å². The molecule has 0 saturated heterocycles. The van der Waals surface area contributed by atoms with E-state index in [0.29, 0.717) is 31.4 Å². The van der Waals surface area contributed by atoms with Gasteiger partial charge in [-0.15, -0.1) is 0 Å². The Morgan fingerprint density at radius 2 is 2.17 bits per heavy atom. The molecule has 0 fully saturated rings. The largest absolute Gasteiger partial charge is 0.491 e. The quantitative estimate of drug-likeness (QED) is 0.811. The van der Waals surface area contributed by atoms with Crippen molar-refractivity contribution in [3.63, 3.8) is 0 Å². The summed E-state index contributed by atoms with van der Waals surface area (Å²) in [5, 5.41) is 0. The highest BCUT2D eigenvalue weighted by Crippen LogP contribution is 2.19. The Morgan fingerprint density at radius 1 is 1.44 bits per heavy atom. The molecule has 0 aliphatic rings. The molecule has 0 aromatic heterocycles. The summed E-state index contributed by atoms with van der Waals surface area (Å²) >= 11 is 0. The van der Waals surface area contributed by atoms with Gasteiger partial charge < -0.3 is 15.4 Å². The molecule has 0 radical (unpaired) electrons. The van der Waals surface area contributed by atoms with Gasteiger partial charge in [-0.2, -0.15) is 0 Å². The van der Waals surface area contributed by atoms with Gasteiger partial charge in [-0.3, -0.25) is 0 Å². The zero-order chi connectivity index (χ0) is 13.5. The van der Waals surface area contributed by atoms with E-state index < -0.39 is 0 Å². The second-order valence-electron chi connectivity index (χ2n) is 4.74. The summed E-state index contributed by atoms with van der Waals surface area (Å²) in [5.41, 5.74) is 6.53. The Kier molecular flexibility index (Phi) is 6.09. The molecular weight excluding hydrogens is 231 g/mol. The van der Waals surface area contributed by atoms with Crippen molar-refractivity contribution in [2.75, 3.05) is 26.7 Å². The zero-order valence-corrected chi connectivity index (χ0v) is 11.4. The fraction of sp³-hybridized carbons (Fsp3) is 0.571. The third-order valence-corrected chi connectivity index (χ3v) is 2.77. The molecule has 1 atom stereocenters. The van der Waals surface area contributed by atoms with Gasteiger partial charge in [0.15, 0.2) is 11.6 Å². The topological polar surface area (TPSA) is 38.5 Å². The number of ether oxygens (including phenoxy) is 1. The molecule has 102 valence electrons. The van der Waals surface area contributed by atoms with Gasteiger partial charge in [0.1, 0.15) is 0 Å². The Hall–Kier alpha value is -1.13. The van der Waals surface area contributed by atoms with Gasteiger partial charge in [0, 0.05) is 13.1 Å². The first-order valence-electron chi connectivity index (χ1n) is 6.36. The highest BCUT2D eigenvalue weighted by atomic mass is 19.1. The number of benzene rings is 1. The summed E-state index contributed by atoms with van der Waals surface area (Å²) in [4.78, 5) is 2.15. The molecule has 1 rings (SSSR count). The first kappa shape index (κ1) is 14.9. The Labute approximate surface area is 109 Å². The van der Waals surface area contributed by atoms with E-state index >= 15 is 0 Å². The molecule has 0 bridgehead atoms. The lowest BCUT2D eigenvalue weighted by atomic mass is 10.1. The minimum absolute atomic E-state index is 0.297. The first-order chi connectivity index (χ1) is 8.56. The Bertz CT molecular complexity index is 371. The van der Waals surface area contributed by atoms with E-state index in [-0.39, 0.29) is 5.82 Å². The van der Waals surface area contributed by atoms with E-state index in [4.69, 9.17) is 10.5 Å². The predicted molar refractivity (Wildman–Crippen MR) is 72.1 cm³/mol. The number of hydrogen-bond donors (Lipinski definition) is 1. The lowest BCUT2D eigenvalue weighted by Gasteiger charge is -2.20. The van der Waals surface area contributed by atoms with Crippen molar-refractivity contribution in [3.8, 4) is 5.75 Å². The normalized spacial score (nSPS) is 12.8. The summed E-state index contributed by atoms with van der Waals surface area (Å²) in [6.45, 7) is 6.72. The lowest BCUT2D eigenvalue weighted by molar-refractivity contribution is 0.280. The maximum atomic E-state index is 13.7. The smallest absolute Gasteiger partial charge is 0.165 e. The fourth-order valence-corrected chi connectivity index (χ4v) is 1.90. The molecule has 1 aromatic carbocycles. The molecule has 0 heterocycles. The van der Waals surface area contributed by atoms with Gasteiger partial charge in [0.25, 0.3) is 0 Å². The summed E-state index contributed by atoms with van der Waals surface area (Å²) in [5.74, 6) is 0.469. The van der Waals surface area contributed by atoms with Crippen LogP contribution >= 0.6 is 0 Å². The van der Waals surface area contributed by atoms with Gasteiger partial charge in [-0.1, -0.05) is 13.0 Å². The third-order valence-electron chi connectivity index (χ3n) is 2.77. The van der Waals surface area contributed by atoms with Gasteiger partial charge >= 0.3 is 0 Å². The standard InChI is InChI=1S/C14H23FN2O/c1-4-18-14-6-5-12(7-13(14)15)10-17(3)9-11(2)8-16/h5-7,11H,4,8-10,16H2,1-3H3. The fourth-order valence-electron chi connectivity index (χ4n) is 1.90. The predicted octanol–water partition coefficient (Wildman–Crippen LogP) is 2.25. The molecule has 0 amide bonds. The van der Waals surface area contributed by atoms with Crippen LogP contribution in [0.3, 0.4) is 0 Å². The summed E-state index contributed by atoms with van der Waals surface area (Å²) in [6, 6.07) is 5.13. The van der Waals surface area contributed by atoms with Crippen molar-refractivity contribution >= 4 is 0 Å². The molecule has 0 aliphatic carbocycles. The lowest BCUT2D eigenvalue weighted by Crippen LogP contribution is -2.28. The van der Waals surface area contributed by atoms with E-state index in [0.717, 1.165) is 12.1 Å². The van der Waals surface area contributed by atoms with Crippen molar-refractivity contribution in [3.05, 3.63) is 29.6 Å². The average Bonchev–Trinajstić information content (AvgIpc) is 2.32. The van der Waals surface area contributed by atoms with Gasteiger partial charge in [-0.05, 0) is 44.1 Å². The number of hydrogen-bond acceptors (Lipinski definition) is 3. The maximum Gasteiger partial charge on any atom is 0.165 e. The van der Waals surface area contributed by atoms with Crippen LogP contribution in [0.1, 0.15) is 19.4 Å². The Morgan fingerprint density at radius 3 is 2.72 bits per heavy atom. The monoisotopic (exact) mass is 254 g/mol. The van der Waals surface area contributed by atoms with Crippen LogP contribution in [0.4, 0.5) is 4.39 Å². The summed E-state index contributed by atoms with van der Waals surface area (Å²) in [7, 11) is 2.01. The first-order valence-corrected chi connectivity index (χ1v) is 6.36. The van der Waals surface area contributed by atoms with E-state index in [1.165, 1.54) is 6.07 Å². The SMILES string of the molecule is CCOc1ccc(CN(C)CC(C)CN)cc1F.